The Balaban J connectivity index is 2.03. The topological polar surface area (TPSA) is 46.6 Å². The molecule has 1 aliphatic heterocycles. The first-order valence-electron chi connectivity index (χ1n) is 6.80. The highest BCUT2D eigenvalue weighted by Gasteiger charge is 2.27. The standard InChI is InChI=1S/C14H21NO3S2/c1-2-7-15(11-14-4-3-10-19-14)20(16,17)12-13-5-8-18-9-6-13/h2-4,10,13H,1,5-9,11-12H2. The average molecular weight is 315 g/mol. The second kappa shape index (κ2) is 7.36. The van der Waals surface area contributed by atoms with E-state index in [0.717, 1.165) is 17.7 Å². The van der Waals surface area contributed by atoms with Gasteiger partial charge in [-0.05, 0) is 30.2 Å². The van der Waals surface area contributed by atoms with E-state index in [2.05, 4.69) is 6.58 Å². The van der Waals surface area contributed by atoms with Crippen LogP contribution in [0.5, 0.6) is 0 Å². The maximum Gasteiger partial charge on any atom is 0.214 e. The highest BCUT2D eigenvalue weighted by molar-refractivity contribution is 7.89. The van der Waals surface area contributed by atoms with Crippen molar-refractivity contribution in [1.82, 2.24) is 4.31 Å². The fourth-order valence-electron chi connectivity index (χ4n) is 2.31. The molecule has 0 radical (unpaired) electrons. The molecule has 1 aromatic rings. The Bertz CT molecular complexity index is 505. The average Bonchev–Trinajstić information content (AvgIpc) is 2.92. The number of rotatable bonds is 7. The molecular formula is C14H21NO3S2. The van der Waals surface area contributed by atoms with Gasteiger partial charge in [-0.2, -0.15) is 4.31 Å². The predicted molar refractivity (Wildman–Crippen MR) is 82.3 cm³/mol. The van der Waals surface area contributed by atoms with Crippen LogP contribution in [0.25, 0.3) is 0 Å². The summed E-state index contributed by atoms with van der Waals surface area (Å²) < 4.78 is 31.9. The Morgan fingerprint density at radius 3 is 2.80 bits per heavy atom. The summed E-state index contributed by atoms with van der Waals surface area (Å²) in [7, 11) is -3.25. The monoisotopic (exact) mass is 315 g/mol. The third kappa shape index (κ3) is 4.41. The lowest BCUT2D eigenvalue weighted by Crippen LogP contribution is -2.36. The van der Waals surface area contributed by atoms with Gasteiger partial charge in [-0.1, -0.05) is 12.1 Å². The lowest BCUT2D eigenvalue weighted by atomic mass is 10.0. The van der Waals surface area contributed by atoms with E-state index in [1.54, 1.807) is 17.4 Å². The Hall–Kier alpha value is -0.690. The van der Waals surface area contributed by atoms with Crippen LogP contribution in [0.15, 0.2) is 30.2 Å². The van der Waals surface area contributed by atoms with Crippen LogP contribution < -0.4 is 0 Å². The quantitative estimate of drug-likeness (QED) is 0.726. The minimum atomic E-state index is -3.25. The molecule has 0 amide bonds. The molecule has 0 saturated carbocycles. The molecule has 0 spiro atoms. The Labute approximate surface area is 125 Å². The van der Waals surface area contributed by atoms with Crippen LogP contribution in [0.3, 0.4) is 0 Å². The highest BCUT2D eigenvalue weighted by atomic mass is 32.2. The summed E-state index contributed by atoms with van der Waals surface area (Å²) in [6, 6.07) is 3.90. The molecule has 2 rings (SSSR count). The van der Waals surface area contributed by atoms with Crippen molar-refractivity contribution in [2.24, 2.45) is 5.92 Å². The third-order valence-electron chi connectivity index (χ3n) is 3.43. The summed E-state index contributed by atoms with van der Waals surface area (Å²) >= 11 is 1.58. The van der Waals surface area contributed by atoms with Crippen molar-refractivity contribution in [3.8, 4) is 0 Å². The summed E-state index contributed by atoms with van der Waals surface area (Å²) in [5.41, 5.74) is 0. The van der Waals surface area contributed by atoms with E-state index in [0.29, 0.717) is 26.3 Å². The first-order valence-corrected chi connectivity index (χ1v) is 9.29. The maximum atomic E-state index is 12.6. The third-order valence-corrected chi connectivity index (χ3v) is 6.24. The fourth-order valence-corrected chi connectivity index (χ4v) is 4.92. The number of nitrogens with zero attached hydrogens (tertiary/aromatic N) is 1. The molecule has 1 saturated heterocycles. The van der Waals surface area contributed by atoms with Gasteiger partial charge in [-0.15, -0.1) is 17.9 Å². The molecule has 1 aliphatic rings. The smallest absolute Gasteiger partial charge is 0.214 e. The molecule has 0 atom stereocenters. The van der Waals surface area contributed by atoms with Gasteiger partial charge in [-0.25, -0.2) is 8.42 Å². The molecule has 1 fully saturated rings. The van der Waals surface area contributed by atoms with Gasteiger partial charge in [0.15, 0.2) is 0 Å². The van der Waals surface area contributed by atoms with Crippen molar-refractivity contribution in [3.05, 3.63) is 35.0 Å². The van der Waals surface area contributed by atoms with Crippen LogP contribution in [0.2, 0.25) is 0 Å². The minimum Gasteiger partial charge on any atom is -0.381 e. The number of ether oxygens (including phenoxy) is 1. The lowest BCUT2D eigenvalue weighted by molar-refractivity contribution is 0.0720. The Morgan fingerprint density at radius 1 is 1.45 bits per heavy atom. The molecule has 1 aromatic heterocycles. The Kier molecular flexibility index (Phi) is 5.77. The van der Waals surface area contributed by atoms with Gasteiger partial charge < -0.3 is 4.74 Å². The molecule has 112 valence electrons. The molecule has 0 N–H and O–H groups in total. The summed E-state index contributed by atoms with van der Waals surface area (Å²) in [5, 5.41) is 1.96. The van der Waals surface area contributed by atoms with E-state index < -0.39 is 10.0 Å². The largest absolute Gasteiger partial charge is 0.381 e. The first-order chi connectivity index (χ1) is 9.62. The van der Waals surface area contributed by atoms with E-state index in [1.165, 1.54) is 4.31 Å². The highest BCUT2D eigenvalue weighted by Crippen LogP contribution is 2.21. The molecular weight excluding hydrogens is 294 g/mol. The zero-order chi connectivity index (χ0) is 14.4. The summed E-state index contributed by atoms with van der Waals surface area (Å²) in [4.78, 5) is 1.06. The van der Waals surface area contributed by atoms with E-state index in [4.69, 9.17) is 4.74 Å². The molecule has 2 heterocycles. The summed E-state index contributed by atoms with van der Waals surface area (Å²) in [6.07, 6.45) is 3.31. The lowest BCUT2D eigenvalue weighted by Gasteiger charge is -2.26. The summed E-state index contributed by atoms with van der Waals surface area (Å²) in [6.45, 7) is 5.82. The zero-order valence-electron chi connectivity index (χ0n) is 11.5. The second-order valence-electron chi connectivity index (χ2n) is 4.99. The molecule has 20 heavy (non-hydrogen) atoms. The maximum absolute atomic E-state index is 12.6. The molecule has 6 heteroatoms. The number of sulfonamides is 1. The number of hydrogen-bond donors (Lipinski definition) is 0. The number of hydrogen-bond acceptors (Lipinski definition) is 4. The predicted octanol–water partition coefficient (Wildman–Crippen LogP) is 2.49. The van der Waals surface area contributed by atoms with Crippen molar-refractivity contribution in [2.45, 2.75) is 19.4 Å². The van der Waals surface area contributed by atoms with Gasteiger partial charge in [-0.3, -0.25) is 0 Å². The fraction of sp³-hybridized carbons (Fsp3) is 0.571. The minimum absolute atomic E-state index is 0.212. The van der Waals surface area contributed by atoms with E-state index in [9.17, 15) is 8.42 Å². The SMILES string of the molecule is C=CCN(Cc1cccs1)S(=O)(=O)CC1CCOCC1. The van der Waals surface area contributed by atoms with Crippen molar-refractivity contribution < 1.29 is 13.2 Å². The first kappa shape index (κ1) is 15.7. The number of thiophene rings is 1. The Morgan fingerprint density at radius 2 is 2.20 bits per heavy atom. The van der Waals surface area contributed by atoms with Crippen LogP contribution in [-0.4, -0.2) is 38.2 Å². The van der Waals surface area contributed by atoms with Crippen LogP contribution in [0.4, 0.5) is 0 Å². The van der Waals surface area contributed by atoms with Gasteiger partial charge in [0, 0.05) is 31.2 Å². The second-order valence-corrected chi connectivity index (χ2v) is 8.04. The van der Waals surface area contributed by atoms with Gasteiger partial charge >= 0.3 is 0 Å². The van der Waals surface area contributed by atoms with Gasteiger partial charge in [0.1, 0.15) is 0 Å². The van der Waals surface area contributed by atoms with Crippen molar-refractivity contribution in [1.29, 1.82) is 0 Å². The van der Waals surface area contributed by atoms with Crippen LogP contribution >= 0.6 is 11.3 Å². The molecule has 0 aliphatic carbocycles. The van der Waals surface area contributed by atoms with Crippen LogP contribution in [0.1, 0.15) is 17.7 Å². The van der Waals surface area contributed by atoms with Crippen LogP contribution in [0, 0.1) is 5.92 Å². The van der Waals surface area contributed by atoms with Crippen molar-refractivity contribution in [2.75, 3.05) is 25.5 Å². The van der Waals surface area contributed by atoms with Crippen molar-refractivity contribution in [3.63, 3.8) is 0 Å². The van der Waals surface area contributed by atoms with Gasteiger partial charge in [0.05, 0.1) is 5.75 Å². The molecule has 0 aromatic carbocycles. The molecule has 0 bridgehead atoms. The molecule has 0 unspecified atom stereocenters. The van der Waals surface area contributed by atoms with E-state index >= 15 is 0 Å². The van der Waals surface area contributed by atoms with E-state index in [-0.39, 0.29) is 11.7 Å². The molecule has 4 nitrogen and oxygen atoms in total. The van der Waals surface area contributed by atoms with Crippen LogP contribution in [-0.2, 0) is 21.3 Å². The van der Waals surface area contributed by atoms with Crippen molar-refractivity contribution >= 4 is 21.4 Å². The van der Waals surface area contributed by atoms with Gasteiger partial charge in [0.25, 0.3) is 0 Å². The normalized spacial score (nSPS) is 17.4. The zero-order valence-corrected chi connectivity index (χ0v) is 13.2. The summed E-state index contributed by atoms with van der Waals surface area (Å²) in [5.74, 6) is 0.430. The van der Waals surface area contributed by atoms with E-state index in [1.807, 2.05) is 17.5 Å². The van der Waals surface area contributed by atoms with Gasteiger partial charge in [0.2, 0.25) is 10.0 Å².